The molecule has 10 heteroatoms. The van der Waals surface area contributed by atoms with Crippen LogP contribution in [0.4, 0.5) is 0 Å². The highest BCUT2D eigenvalue weighted by atomic mass is 35.5. The lowest BCUT2D eigenvalue weighted by atomic mass is 10.1. The van der Waals surface area contributed by atoms with Gasteiger partial charge in [0.1, 0.15) is 10.9 Å². The third-order valence-corrected chi connectivity index (χ3v) is 7.10. The zero-order valence-corrected chi connectivity index (χ0v) is 17.3. The zero-order valence-electron chi connectivity index (χ0n) is 14.9. The number of nitrogens with one attached hydrogen (secondary N) is 1. The summed E-state index contributed by atoms with van der Waals surface area (Å²) >= 11 is 7.46. The molecule has 1 aromatic rings. The lowest BCUT2D eigenvalue weighted by Gasteiger charge is -2.27. The summed E-state index contributed by atoms with van der Waals surface area (Å²) in [6.45, 7) is 5.48. The van der Waals surface area contributed by atoms with Crippen LogP contribution in [0.1, 0.15) is 31.1 Å². The van der Waals surface area contributed by atoms with Crippen LogP contribution in [0.2, 0.25) is 5.02 Å². The number of nitrogens with zero attached hydrogens (tertiary/aromatic N) is 1. The van der Waals surface area contributed by atoms with Gasteiger partial charge in [0.15, 0.2) is 0 Å². The molecule has 1 aliphatic heterocycles. The second-order valence-electron chi connectivity index (χ2n) is 6.78. The Hall–Kier alpha value is -1.29. The predicted molar refractivity (Wildman–Crippen MR) is 101 cm³/mol. The fourth-order valence-corrected chi connectivity index (χ4v) is 6.07. The van der Waals surface area contributed by atoms with Crippen molar-refractivity contribution in [2.45, 2.75) is 37.2 Å². The van der Waals surface area contributed by atoms with E-state index in [2.05, 4.69) is 10.1 Å². The van der Waals surface area contributed by atoms with E-state index in [1.165, 1.54) is 37.1 Å². The normalized spacial score (nSPS) is 18.6. The average Bonchev–Trinajstić information content (AvgIpc) is 3.02. The molecule has 1 aromatic carbocycles. The second kappa shape index (κ2) is 7.75. The summed E-state index contributed by atoms with van der Waals surface area (Å²) in [4.78, 5) is 23.9. The van der Waals surface area contributed by atoms with E-state index in [1.54, 1.807) is 0 Å². The van der Waals surface area contributed by atoms with Crippen LogP contribution < -0.4 is 5.32 Å². The van der Waals surface area contributed by atoms with Crippen molar-refractivity contribution in [1.82, 2.24) is 9.62 Å². The molecule has 1 amide bonds. The van der Waals surface area contributed by atoms with Gasteiger partial charge < -0.3 is 10.1 Å². The molecular formula is C16H21ClN2O5S2. The molecule has 0 aliphatic carbocycles. The Morgan fingerprint density at radius 1 is 1.35 bits per heavy atom. The van der Waals surface area contributed by atoms with E-state index in [9.17, 15) is 18.0 Å². The first-order chi connectivity index (χ1) is 12.0. The Kier molecular flexibility index (Phi) is 6.27. The number of carbonyl (C=O) groups excluding carboxylic acids is 2. The number of amides is 1. The molecule has 1 saturated heterocycles. The Morgan fingerprint density at radius 3 is 2.54 bits per heavy atom. The van der Waals surface area contributed by atoms with Crippen molar-refractivity contribution in [1.29, 1.82) is 0 Å². The molecule has 1 fully saturated rings. The van der Waals surface area contributed by atoms with Crippen molar-refractivity contribution in [3.8, 4) is 0 Å². The third-order valence-electron chi connectivity index (χ3n) is 3.58. The van der Waals surface area contributed by atoms with Gasteiger partial charge in [0.25, 0.3) is 0 Å². The van der Waals surface area contributed by atoms with Gasteiger partial charge in [-0.25, -0.2) is 13.2 Å². The standard InChI is InChI=1S/C16H21ClN2O5S2/c1-16(2,3)18-14(20)12-8-25-9-19(12)26(22,23)13-6-5-10(7-11(13)17)15(21)24-4/h5-7,12H,8-9H2,1-4H3,(H,18,20). The van der Waals surface area contributed by atoms with Crippen molar-refractivity contribution in [2.75, 3.05) is 18.7 Å². The van der Waals surface area contributed by atoms with Crippen LogP contribution in [0.3, 0.4) is 0 Å². The topological polar surface area (TPSA) is 92.8 Å². The molecule has 1 atom stereocenters. The molecule has 1 unspecified atom stereocenters. The Labute approximate surface area is 162 Å². The molecule has 0 saturated carbocycles. The Bertz CT molecular complexity index is 820. The van der Waals surface area contributed by atoms with Gasteiger partial charge in [0.2, 0.25) is 15.9 Å². The number of benzene rings is 1. The SMILES string of the molecule is COC(=O)c1ccc(S(=O)(=O)N2CSCC2C(=O)NC(C)(C)C)c(Cl)c1. The highest BCUT2D eigenvalue weighted by Gasteiger charge is 2.41. The van der Waals surface area contributed by atoms with Crippen molar-refractivity contribution in [2.24, 2.45) is 0 Å². The molecule has 0 radical (unpaired) electrons. The summed E-state index contributed by atoms with van der Waals surface area (Å²) in [5.41, 5.74) is -0.325. The molecule has 1 N–H and O–H groups in total. The van der Waals surface area contributed by atoms with Gasteiger partial charge in [-0.05, 0) is 39.0 Å². The average molecular weight is 421 g/mol. The lowest BCUT2D eigenvalue weighted by Crippen LogP contribution is -2.52. The molecule has 144 valence electrons. The van der Waals surface area contributed by atoms with Gasteiger partial charge in [-0.3, -0.25) is 4.79 Å². The lowest BCUT2D eigenvalue weighted by molar-refractivity contribution is -0.125. The van der Waals surface area contributed by atoms with E-state index < -0.39 is 27.6 Å². The fourth-order valence-electron chi connectivity index (χ4n) is 2.40. The third kappa shape index (κ3) is 4.51. The van der Waals surface area contributed by atoms with E-state index in [1.807, 2.05) is 20.8 Å². The number of rotatable bonds is 4. The minimum Gasteiger partial charge on any atom is -0.465 e. The number of ether oxygens (including phenoxy) is 1. The van der Waals surface area contributed by atoms with Crippen LogP contribution in [0.15, 0.2) is 23.1 Å². The van der Waals surface area contributed by atoms with Gasteiger partial charge in [0.05, 0.1) is 23.6 Å². The summed E-state index contributed by atoms with van der Waals surface area (Å²) in [6.07, 6.45) is 0. The van der Waals surface area contributed by atoms with Crippen molar-refractivity contribution >= 4 is 45.3 Å². The summed E-state index contributed by atoms with van der Waals surface area (Å²) in [5.74, 6) is -0.457. The first kappa shape index (κ1) is 21.0. The number of hydrogen-bond donors (Lipinski definition) is 1. The molecule has 1 aliphatic rings. The fraction of sp³-hybridized carbons (Fsp3) is 0.500. The Morgan fingerprint density at radius 2 is 2.00 bits per heavy atom. The smallest absolute Gasteiger partial charge is 0.337 e. The van der Waals surface area contributed by atoms with Crippen LogP contribution in [-0.2, 0) is 19.6 Å². The van der Waals surface area contributed by atoms with Gasteiger partial charge in [-0.15, -0.1) is 11.8 Å². The second-order valence-corrected chi connectivity index (χ2v) is 10.0. The summed E-state index contributed by atoms with van der Waals surface area (Å²) in [7, 11) is -2.78. The van der Waals surface area contributed by atoms with E-state index in [0.29, 0.717) is 5.75 Å². The van der Waals surface area contributed by atoms with Crippen molar-refractivity contribution in [3.63, 3.8) is 0 Å². The highest BCUT2D eigenvalue weighted by molar-refractivity contribution is 8.00. The largest absolute Gasteiger partial charge is 0.465 e. The van der Waals surface area contributed by atoms with Gasteiger partial charge in [-0.1, -0.05) is 11.6 Å². The number of methoxy groups -OCH3 is 1. The summed E-state index contributed by atoms with van der Waals surface area (Å²) in [5, 5.41) is 2.71. The van der Waals surface area contributed by atoms with Crippen LogP contribution >= 0.6 is 23.4 Å². The van der Waals surface area contributed by atoms with E-state index in [4.69, 9.17) is 11.6 Å². The summed E-state index contributed by atoms with van der Waals surface area (Å²) in [6, 6.07) is 3.01. The maximum absolute atomic E-state index is 13.0. The predicted octanol–water partition coefficient (Wildman–Crippen LogP) is 2.10. The number of thioether (sulfide) groups is 1. The van der Waals surface area contributed by atoms with E-state index >= 15 is 0 Å². The molecule has 26 heavy (non-hydrogen) atoms. The molecule has 7 nitrogen and oxygen atoms in total. The minimum atomic E-state index is -4.00. The maximum atomic E-state index is 13.0. The number of esters is 1. The number of hydrogen-bond acceptors (Lipinski definition) is 6. The van der Waals surface area contributed by atoms with Crippen LogP contribution in [0.5, 0.6) is 0 Å². The first-order valence-corrected chi connectivity index (χ1v) is 10.7. The molecule has 0 bridgehead atoms. The molecular weight excluding hydrogens is 400 g/mol. The van der Waals surface area contributed by atoms with Gasteiger partial charge in [-0.2, -0.15) is 4.31 Å². The van der Waals surface area contributed by atoms with Crippen LogP contribution in [0.25, 0.3) is 0 Å². The van der Waals surface area contributed by atoms with Gasteiger partial charge >= 0.3 is 5.97 Å². The van der Waals surface area contributed by atoms with Crippen LogP contribution in [0, 0.1) is 0 Å². The monoisotopic (exact) mass is 420 g/mol. The van der Waals surface area contributed by atoms with E-state index in [-0.39, 0.29) is 27.3 Å². The quantitative estimate of drug-likeness (QED) is 0.750. The zero-order chi connectivity index (χ0) is 19.7. The highest BCUT2D eigenvalue weighted by Crippen LogP contribution is 2.32. The number of halogens is 1. The molecule has 1 heterocycles. The van der Waals surface area contributed by atoms with Crippen molar-refractivity contribution < 1.29 is 22.7 Å². The summed E-state index contributed by atoms with van der Waals surface area (Å²) < 4.78 is 31.8. The van der Waals surface area contributed by atoms with E-state index in [0.717, 1.165) is 4.31 Å². The number of sulfonamides is 1. The minimum absolute atomic E-state index is 0.0974. The van der Waals surface area contributed by atoms with Crippen molar-refractivity contribution in [3.05, 3.63) is 28.8 Å². The number of carbonyl (C=O) groups is 2. The van der Waals surface area contributed by atoms with Crippen LogP contribution in [-0.4, -0.2) is 54.9 Å². The molecule has 0 aromatic heterocycles. The maximum Gasteiger partial charge on any atom is 0.337 e. The Balaban J connectivity index is 2.34. The molecule has 2 rings (SSSR count). The van der Waals surface area contributed by atoms with Gasteiger partial charge in [0, 0.05) is 11.3 Å². The molecule has 0 spiro atoms. The first-order valence-electron chi connectivity index (χ1n) is 7.77.